The topological polar surface area (TPSA) is 75.4 Å². The lowest BCUT2D eigenvalue weighted by Gasteiger charge is -2.34. The first kappa shape index (κ1) is 12.8. The summed E-state index contributed by atoms with van der Waals surface area (Å²) in [6.45, 7) is 5.34. The van der Waals surface area contributed by atoms with Crippen molar-refractivity contribution in [1.29, 1.82) is 5.26 Å². The maximum atomic E-state index is 9.23. The summed E-state index contributed by atoms with van der Waals surface area (Å²) in [4.78, 5) is 6.19. The Kier molecular flexibility index (Phi) is 3.20. The Hall–Kier alpha value is -2.26. The van der Waals surface area contributed by atoms with E-state index in [4.69, 9.17) is 13.6 Å². The monoisotopic (exact) mass is 273 g/mol. The van der Waals surface area contributed by atoms with Gasteiger partial charge in [0.2, 0.25) is 11.6 Å². The van der Waals surface area contributed by atoms with Crippen LogP contribution in [-0.4, -0.2) is 30.3 Å². The number of aromatic nitrogens is 1. The van der Waals surface area contributed by atoms with Gasteiger partial charge < -0.3 is 18.5 Å². The lowest BCUT2D eigenvalue weighted by atomic mass is 10.2. The molecule has 0 aromatic carbocycles. The highest BCUT2D eigenvalue weighted by Gasteiger charge is 2.28. The fraction of sp³-hybridized carbons (Fsp3) is 0.429. The minimum Gasteiger partial charge on any atom is -0.459 e. The average molecular weight is 273 g/mol. The number of oxazole rings is 1. The van der Waals surface area contributed by atoms with E-state index in [2.05, 4.69) is 11.1 Å². The second kappa shape index (κ2) is 5.02. The van der Waals surface area contributed by atoms with Crippen LogP contribution in [0.2, 0.25) is 0 Å². The highest BCUT2D eigenvalue weighted by molar-refractivity contribution is 5.55. The summed E-state index contributed by atoms with van der Waals surface area (Å²) < 4.78 is 16.7. The Labute approximate surface area is 116 Å². The maximum absolute atomic E-state index is 9.23. The molecule has 0 spiro atoms. The SMILES string of the molecule is C[C@H]1CN(c2oc(-c3ccco3)nc2C#N)C[C@H](C)O1. The lowest BCUT2D eigenvalue weighted by molar-refractivity contribution is -0.00639. The average Bonchev–Trinajstić information content (AvgIpc) is 3.06. The molecule has 0 N–H and O–H groups in total. The second-order valence-corrected chi connectivity index (χ2v) is 4.92. The zero-order valence-corrected chi connectivity index (χ0v) is 11.4. The van der Waals surface area contributed by atoms with Gasteiger partial charge in [0.15, 0.2) is 5.76 Å². The van der Waals surface area contributed by atoms with Crippen molar-refractivity contribution >= 4 is 5.88 Å². The Morgan fingerprint density at radius 3 is 2.70 bits per heavy atom. The van der Waals surface area contributed by atoms with Crippen molar-refractivity contribution in [1.82, 2.24) is 4.98 Å². The van der Waals surface area contributed by atoms with Gasteiger partial charge in [-0.05, 0) is 26.0 Å². The molecular formula is C14H15N3O3. The molecule has 2 aromatic heterocycles. The van der Waals surface area contributed by atoms with Gasteiger partial charge in [0.1, 0.15) is 6.07 Å². The molecule has 6 heteroatoms. The van der Waals surface area contributed by atoms with E-state index in [1.807, 2.05) is 18.7 Å². The fourth-order valence-corrected chi connectivity index (χ4v) is 2.45. The number of furan rings is 1. The van der Waals surface area contributed by atoms with E-state index in [0.717, 1.165) is 0 Å². The number of morpholine rings is 1. The van der Waals surface area contributed by atoms with E-state index in [-0.39, 0.29) is 17.9 Å². The molecule has 1 fully saturated rings. The van der Waals surface area contributed by atoms with Gasteiger partial charge >= 0.3 is 0 Å². The zero-order chi connectivity index (χ0) is 14.1. The molecule has 1 aliphatic heterocycles. The predicted octanol–water partition coefficient (Wildman–Crippen LogP) is 2.42. The molecule has 0 unspecified atom stereocenters. The highest BCUT2D eigenvalue weighted by atomic mass is 16.5. The van der Waals surface area contributed by atoms with Gasteiger partial charge in [0.25, 0.3) is 5.89 Å². The van der Waals surface area contributed by atoms with Crippen LogP contribution in [0.25, 0.3) is 11.7 Å². The largest absolute Gasteiger partial charge is 0.459 e. The summed E-state index contributed by atoms with van der Waals surface area (Å²) >= 11 is 0. The standard InChI is InChI=1S/C14H15N3O3/c1-9-7-17(8-10(2)19-9)14-11(6-15)16-13(20-14)12-4-3-5-18-12/h3-5,9-10H,7-8H2,1-2H3/t9-,10-/m0/s1. The summed E-state index contributed by atoms with van der Waals surface area (Å²) in [5, 5.41) is 9.23. The third-order valence-electron chi connectivity index (χ3n) is 3.15. The molecule has 2 aromatic rings. The number of anilines is 1. The van der Waals surface area contributed by atoms with E-state index in [1.165, 1.54) is 0 Å². The van der Waals surface area contributed by atoms with E-state index in [0.29, 0.717) is 30.6 Å². The third-order valence-corrected chi connectivity index (χ3v) is 3.15. The normalized spacial score (nSPS) is 22.8. The van der Waals surface area contributed by atoms with E-state index in [9.17, 15) is 5.26 Å². The number of rotatable bonds is 2. The van der Waals surface area contributed by atoms with Crippen LogP contribution in [-0.2, 0) is 4.74 Å². The van der Waals surface area contributed by atoms with Gasteiger partial charge in [-0.3, -0.25) is 0 Å². The van der Waals surface area contributed by atoms with Gasteiger partial charge in [-0.2, -0.15) is 10.2 Å². The van der Waals surface area contributed by atoms with Gasteiger partial charge in [-0.25, -0.2) is 0 Å². The third kappa shape index (κ3) is 2.28. The van der Waals surface area contributed by atoms with Crippen LogP contribution < -0.4 is 4.90 Å². The summed E-state index contributed by atoms with van der Waals surface area (Å²) in [6.07, 6.45) is 1.72. The van der Waals surface area contributed by atoms with E-state index in [1.54, 1.807) is 18.4 Å². The molecule has 1 aliphatic rings. The van der Waals surface area contributed by atoms with Crippen molar-refractivity contribution in [3.8, 4) is 17.7 Å². The van der Waals surface area contributed by atoms with Crippen molar-refractivity contribution in [2.24, 2.45) is 0 Å². The number of nitriles is 1. The van der Waals surface area contributed by atoms with Gasteiger partial charge in [0, 0.05) is 13.1 Å². The molecule has 2 atom stereocenters. The summed E-state index contributed by atoms with van der Waals surface area (Å²) in [5.41, 5.74) is 0.276. The van der Waals surface area contributed by atoms with Gasteiger partial charge in [-0.15, -0.1) is 0 Å². The Morgan fingerprint density at radius 2 is 2.10 bits per heavy atom. The lowest BCUT2D eigenvalue weighted by Crippen LogP contribution is -2.45. The number of ether oxygens (including phenoxy) is 1. The highest BCUT2D eigenvalue weighted by Crippen LogP contribution is 2.30. The molecule has 1 saturated heterocycles. The number of hydrogen-bond acceptors (Lipinski definition) is 6. The molecule has 20 heavy (non-hydrogen) atoms. The molecule has 0 saturated carbocycles. The van der Waals surface area contributed by atoms with Crippen molar-refractivity contribution < 1.29 is 13.6 Å². The predicted molar refractivity (Wildman–Crippen MR) is 71.1 cm³/mol. The minimum atomic E-state index is 0.0856. The molecule has 6 nitrogen and oxygen atoms in total. The van der Waals surface area contributed by atoms with Crippen molar-refractivity contribution in [2.75, 3.05) is 18.0 Å². The van der Waals surface area contributed by atoms with Crippen molar-refractivity contribution in [3.63, 3.8) is 0 Å². The maximum Gasteiger partial charge on any atom is 0.266 e. The van der Waals surface area contributed by atoms with Crippen LogP contribution in [0.1, 0.15) is 19.5 Å². The molecule has 0 amide bonds. The van der Waals surface area contributed by atoms with E-state index >= 15 is 0 Å². The zero-order valence-electron chi connectivity index (χ0n) is 11.4. The molecule has 3 rings (SSSR count). The second-order valence-electron chi connectivity index (χ2n) is 4.92. The first-order chi connectivity index (χ1) is 9.67. The molecule has 0 radical (unpaired) electrons. The number of hydrogen-bond donors (Lipinski definition) is 0. The van der Waals surface area contributed by atoms with Crippen LogP contribution >= 0.6 is 0 Å². The summed E-state index contributed by atoms with van der Waals surface area (Å²) in [6, 6.07) is 5.58. The first-order valence-electron chi connectivity index (χ1n) is 6.52. The summed E-state index contributed by atoms with van der Waals surface area (Å²) in [7, 11) is 0. The Morgan fingerprint density at radius 1 is 1.35 bits per heavy atom. The Bertz CT molecular complexity index is 617. The molecule has 0 aliphatic carbocycles. The van der Waals surface area contributed by atoms with Crippen molar-refractivity contribution in [2.45, 2.75) is 26.1 Å². The van der Waals surface area contributed by atoms with Crippen LogP contribution in [0.4, 0.5) is 5.88 Å². The Balaban J connectivity index is 1.95. The molecule has 0 bridgehead atoms. The minimum absolute atomic E-state index is 0.0856. The molecular weight excluding hydrogens is 258 g/mol. The fourth-order valence-electron chi connectivity index (χ4n) is 2.45. The first-order valence-corrected chi connectivity index (χ1v) is 6.52. The van der Waals surface area contributed by atoms with Gasteiger partial charge in [0.05, 0.1) is 18.5 Å². The van der Waals surface area contributed by atoms with Gasteiger partial charge in [-0.1, -0.05) is 0 Å². The smallest absolute Gasteiger partial charge is 0.266 e. The van der Waals surface area contributed by atoms with E-state index < -0.39 is 0 Å². The van der Waals surface area contributed by atoms with Crippen LogP contribution in [0.3, 0.4) is 0 Å². The molecule has 104 valence electrons. The summed E-state index contributed by atoms with van der Waals surface area (Å²) in [5.74, 6) is 1.33. The van der Waals surface area contributed by atoms with Crippen LogP contribution in [0, 0.1) is 11.3 Å². The number of nitrogens with zero attached hydrogens (tertiary/aromatic N) is 3. The van der Waals surface area contributed by atoms with Crippen LogP contribution in [0.15, 0.2) is 27.2 Å². The van der Waals surface area contributed by atoms with Crippen molar-refractivity contribution in [3.05, 3.63) is 24.1 Å². The quantitative estimate of drug-likeness (QED) is 0.836. The van der Waals surface area contributed by atoms with Crippen LogP contribution in [0.5, 0.6) is 0 Å². The molecule has 3 heterocycles.